The molecular weight excluding hydrogens is 500 g/mol. The van der Waals surface area contributed by atoms with Crippen molar-refractivity contribution >= 4 is 29.7 Å². The number of piperidine rings is 1. The van der Waals surface area contributed by atoms with Crippen LogP contribution in [0, 0.1) is 0 Å². The van der Waals surface area contributed by atoms with E-state index in [2.05, 4.69) is 10.6 Å². The van der Waals surface area contributed by atoms with Crippen LogP contribution >= 0.6 is 0 Å². The second-order valence-electron chi connectivity index (χ2n) is 10.8. The predicted octanol–water partition coefficient (Wildman–Crippen LogP) is 2.53. The number of carbonyl (C=O) groups excluding carboxylic acids is 5. The van der Waals surface area contributed by atoms with Crippen molar-refractivity contribution in [1.82, 2.24) is 20.4 Å². The quantitative estimate of drug-likeness (QED) is 0.526. The molecule has 10 nitrogen and oxygen atoms in total. The summed E-state index contributed by atoms with van der Waals surface area (Å²) in [5, 5.41) is 5.31. The van der Waals surface area contributed by atoms with Gasteiger partial charge in [-0.15, -0.1) is 0 Å². The molecule has 1 atom stereocenters. The van der Waals surface area contributed by atoms with Crippen LogP contribution in [-0.2, 0) is 20.7 Å². The smallest absolute Gasteiger partial charge is 0.408 e. The van der Waals surface area contributed by atoms with Crippen molar-refractivity contribution in [1.29, 1.82) is 0 Å². The Balaban J connectivity index is 1.38. The maximum absolute atomic E-state index is 13.8. The summed E-state index contributed by atoms with van der Waals surface area (Å²) in [7, 11) is 0. The molecule has 1 saturated heterocycles. The first-order valence-corrected chi connectivity index (χ1v) is 13.1. The maximum atomic E-state index is 13.8. The highest BCUT2D eigenvalue weighted by Gasteiger charge is 2.44. The fourth-order valence-corrected chi connectivity index (χ4v) is 4.82. The summed E-state index contributed by atoms with van der Waals surface area (Å²) in [5.74, 6) is -1.59. The first kappa shape index (κ1) is 27.8. The van der Waals surface area contributed by atoms with E-state index >= 15 is 0 Å². The van der Waals surface area contributed by atoms with Crippen molar-refractivity contribution in [2.75, 3.05) is 19.6 Å². The molecule has 5 amide bonds. The second kappa shape index (κ2) is 11.7. The molecule has 39 heavy (non-hydrogen) atoms. The molecule has 2 heterocycles. The van der Waals surface area contributed by atoms with Gasteiger partial charge in [0.15, 0.2) is 0 Å². The molecule has 0 aliphatic carbocycles. The second-order valence-corrected chi connectivity index (χ2v) is 10.8. The van der Waals surface area contributed by atoms with Crippen LogP contribution < -0.4 is 10.6 Å². The SMILES string of the molecule is CC(C)(C)OC(=O)NCC(=O)NC1CCN(C(=O)C(Cc2ccccc2)N2C(=O)c3ccccc3C2=O)CC1. The highest BCUT2D eigenvalue weighted by Crippen LogP contribution is 2.27. The minimum atomic E-state index is -0.982. The Morgan fingerprint density at radius 1 is 0.923 bits per heavy atom. The number of alkyl carbamates (subject to hydrolysis) is 1. The lowest BCUT2D eigenvalue weighted by Gasteiger charge is -2.36. The summed E-state index contributed by atoms with van der Waals surface area (Å²) in [5.41, 5.74) is 0.780. The standard InChI is InChI=1S/C29H34N4O6/c1-29(2,3)39-28(38)30-18-24(34)31-20-13-15-32(16-14-20)27(37)23(17-19-9-5-4-6-10-19)33-25(35)21-11-7-8-12-22(21)26(33)36/h4-12,20,23H,13-18H2,1-3H3,(H,30,38)(H,31,34). The average molecular weight is 535 g/mol. The fraction of sp³-hybridized carbons (Fsp3) is 0.414. The molecule has 2 N–H and O–H groups in total. The third-order valence-corrected chi connectivity index (χ3v) is 6.66. The van der Waals surface area contributed by atoms with E-state index in [4.69, 9.17) is 4.74 Å². The Kier molecular flexibility index (Phi) is 8.32. The molecular formula is C29H34N4O6. The number of carbonyl (C=O) groups is 5. The summed E-state index contributed by atoms with van der Waals surface area (Å²) in [6.45, 7) is 5.71. The Morgan fingerprint density at radius 2 is 1.49 bits per heavy atom. The van der Waals surface area contributed by atoms with Crippen LogP contribution in [0.5, 0.6) is 0 Å². The molecule has 2 aromatic rings. The zero-order valence-corrected chi connectivity index (χ0v) is 22.4. The Hall–Kier alpha value is -4.21. The third kappa shape index (κ3) is 6.81. The molecule has 2 aromatic carbocycles. The minimum Gasteiger partial charge on any atom is -0.444 e. The minimum absolute atomic E-state index is 0.172. The Labute approximate surface area is 227 Å². The summed E-state index contributed by atoms with van der Waals surface area (Å²) in [6, 6.07) is 14.7. The molecule has 206 valence electrons. The van der Waals surface area contributed by atoms with E-state index in [1.165, 1.54) is 0 Å². The number of nitrogens with zero attached hydrogens (tertiary/aromatic N) is 2. The molecule has 4 rings (SSSR count). The molecule has 0 bridgehead atoms. The number of imide groups is 1. The van der Waals surface area contributed by atoms with E-state index in [0.29, 0.717) is 37.1 Å². The van der Waals surface area contributed by atoms with Crippen molar-refractivity contribution in [3.05, 3.63) is 71.3 Å². The topological polar surface area (TPSA) is 125 Å². The van der Waals surface area contributed by atoms with Gasteiger partial charge in [0.2, 0.25) is 11.8 Å². The number of nitrogens with one attached hydrogen (secondary N) is 2. The van der Waals surface area contributed by atoms with Gasteiger partial charge in [-0.2, -0.15) is 0 Å². The summed E-state index contributed by atoms with van der Waals surface area (Å²) in [4.78, 5) is 67.1. The van der Waals surface area contributed by atoms with Gasteiger partial charge in [-0.25, -0.2) is 4.79 Å². The summed E-state index contributed by atoms with van der Waals surface area (Å²) in [6.07, 6.45) is 0.544. The van der Waals surface area contributed by atoms with Gasteiger partial charge in [0.1, 0.15) is 18.2 Å². The van der Waals surface area contributed by atoms with Gasteiger partial charge in [0, 0.05) is 25.6 Å². The van der Waals surface area contributed by atoms with E-state index in [1.807, 2.05) is 30.3 Å². The summed E-state index contributed by atoms with van der Waals surface area (Å²) >= 11 is 0. The lowest BCUT2D eigenvalue weighted by atomic mass is 10.00. The Bertz CT molecular complexity index is 1210. The molecule has 0 aromatic heterocycles. The fourth-order valence-electron chi connectivity index (χ4n) is 4.82. The van der Waals surface area contributed by atoms with Gasteiger partial charge in [0.05, 0.1) is 11.1 Å². The van der Waals surface area contributed by atoms with Crippen LogP contribution in [0.15, 0.2) is 54.6 Å². The van der Waals surface area contributed by atoms with Crippen molar-refractivity contribution in [3.63, 3.8) is 0 Å². The zero-order valence-electron chi connectivity index (χ0n) is 22.4. The van der Waals surface area contributed by atoms with Gasteiger partial charge in [0.25, 0.3) is 11.8 Å². The molecule has 1 fully saturated rings. The van der Waals surface area contributed by atoms with E-state index in [-0.39, 0.29) is 30.8 Å². The van der Waals surface area contributed by atoms with E-state index < -0.39 is 29.6 Å². The van der Waals surface area contributed by atoms with Crippen LogP contribution in [0.4, 0.5) is 4.79 Å². The number of amides is 5. The number of rotatable bonds is 7. The third-order valence-electron chi connectivity index (χ3n) is 6.66. The molecule has 0 radical (unpaired) electrons. The number of hydrogen-bond acceptors (Lipinski definition) is 6. The highest BCUT2D eigenvalue weighted by atomic mass is 16.6. The number of benzene rings is 2. The van der Waals surface area contributed by atoms with Gasteiger partial charge in [-0.3, -0.25) is 24.1 Å². The molecule has 2 aliphatic heterocycles. The van der Waals surface area contributed by atoms with Crippen molar-refractivity contribution in [3.8, 4) is 0 Å². The van der Waals surface area contributed by atoms with Gasteiger partial charge in [-0.1, -0.05) is 42.5 Å². The maximum Gasteiger partial charge on any atom is 0.408 e. The lowest BCUT2D eigenvalue weighted by molar-refractivity contribution is -0.136. The first-order valence-electron chi connectivity index (χ1n) is 13.1. The number of hydrogen-bond donors (Lipinski definition) is 2. The molecule has 2 aliphatic rings. The van der Waals surface area contributed by atoms with Crippen LogP contribution in [-0.4, -0.2) is 76.8 Å². The van der Waals surface area contributed by atoms with Crippen LogP contribution in [0.3, 0.4) is 0 Å². The highest BCUT2D eigenvalue weighted by molar-refractivity contribution is 6.22. The number of ether oxygens (including phenoxy) is 1. The normalized spacial score (nSPS) is 16.5. The van der Waals surface area contributed by atoms with Crippen molar-refractivity contribution < 1.29 is 28.7 Å². The average Bonchev–Trinajstić information content (AvgIpc) is 3.15. The number of likely N-dealkylation sites (tertiary alicyclic amines) is 1. The largest absolute Gasteiger partial charge is 0.444 e. The molecule has 1 unspecified atom stereocenters. The summed E-state index contributed by atoms with van der Waals surface area (Å²) < 4.78 is 5.14. The Morgan fingerprint density at radius 3 is 2.05 bits per heavy atom. The van der Waals surface area contributed by atoms with Gasteiger partial charge in [-0.05, 0) is 51.3 Å². The predicted molar refractivity (Wildman–Crippen MR) is 143 cm³/mol. The van der Waals surface area contributed by atoms with Crippen molar-refractivity contribution in [2.45, 2.75) is 57.7 Å². The van der Waals surface area contributed by atoms with Gasteiger partial charge >= 0.3 is 6.09 Å². The van der Waals surface area contributed by atoms with Crippen LogP contribution in [0.1, 0.15) is 59.9 Å². The molecule has 0 saturated carbocycles. The van der Waals surface area contributed by atoms with E-state index in [9.17, 15) is 24.0 Å². The van der Waals surface area contributed by atoms with Crippen LogP contribution in [0.2, 0.25) is 0 Å². The molecule has 10 heteroatoms. The monoisotopic (exact) mass is 534 g/mol. The first-order chi connectivity index (χ1) is 18.5. The van der Waals surface area contributed by atoms with E-state index in [1.54, 1.807) is 49.9 Å². The number of fused-ring (bicyclic) bond motifs is 1. The lowest BCUT2D eigenvalue weighted by Crippen LogP contribution is -2.55. The van der Waals surface area contributed by atoms with Gasteiger partial charge < -0.3 is 20.3 Å². The zero-order chi connectivity index (χ0) is 28.2. The van der Waals surface area contributed by atoms with Crippen molar-refractivity contribution in [2.24, 2.45) is 0 Å². The molecule has 0 spiro atoms. The van der Waals surface area contributed by atoms with Crippen LogP contribution in [0.25, 0.3) is 0 Å². The van der Waals surface area contributed by atoms with E-state index in [0.717, 1.165) is 10.5 Å².